The summed E-state index contributed by atoms with van der Waals surface area (Å²) < 4.78 is 19.0. The number of anilines is 1. The first-order valence-corrected chi connectivity index (χ1v) is 8.66. The van der Waals surface area contributed by atoms with Gasteiger partial charge in [0.1, 0.15) is 17.6 Å². The van der Waals surface area contributed by atoms with Gasteiger partial charge < -0.3 is 15.4 Å². The highest BCUT2D eigenvalue weighted by Crippen LogP contribution is 2.27. The lowest BCUT2D eigenvalue weighted by molar-refractivity contribution is -0.682. The molecule has 7 heteroatoms. The van der Waals surface area contributed by atoms with Crippen molar-refractivity contribution in [3.05, 3.63) is 57.8 Å². The molecule has 0 fully saturated rings. The fourth-order valence-corrected chi connectivity index (χ4v) is 2.87. The minimum atomic E-state index is -0.528. The van der Waals surface area contributed by atoms with Crippen LogP contribution >= 0.6 is 23.2 Å². The van der Waals surface area contributed by atoms with E-state index >= 15 is 0 Å². The lowest BCUT2D eigenvalue weighted by Crippen LogP contribution is -2.86. The van der Waals surface area contributed by atoms with Crippen LogP contribution in [0.5, 0.6) is 5.75 Å². The smallest absolute Gasteiger partial charge is 0.279 e. The SMILES string of the molecule is CCOc1ccc(NC(=O)C[NH2+][C@@H](C)c2cc(F)c(Cl)cc2Cl)cc1. The molecule has 25 heavy (non-hydrogen) atoms. The number of nitrogens with two attached hydrogens (primary N) is 1. The molecule has 0 spiro atoms. The quantitative estimate of drug-likeness (QED) is 0.712. The first-order valence-electron chi connectivity index (χ1n) is 7.91. The van der Waals surface area contributed by atoms with Gasteiger partial charge in [-0.25, -0.2) is 4.39 Å². The van der Waals surface area contributed by atoms with Crippen LogP contribution in [0.2, 0.25) is 10.0 Å². The third kappa shape index (κ3) is 5.59. The molecule has 4 nitrogen and oxygen atoms in total. The highest BCUT2D eigenvalue weighted by molar-refractivity contribution is 6.35. The summed E-state index contributed by atoms with van der Waals surface area (Å²) in [5, 5.41) is 4.93. The maximum Gasteiger partial charge on any atom is 0.279 e. The van der Waals surface area contributed by atoms with E-state index in [9.17, 15) is 9.18 Å². The maximum absolute atomic E-state index is 13.6. The van der Waals surface area contributed by atoms with Gasteiger partial charge >= 0.3 is 0 Å². The lowest BCUT2D eigenvalue weighted by Gasteiger charge is -2.13. The molecule has 2 aromatic carbocycles. The maximum atomic E-state index is 13.6. The molecule has 0 saturated heterocycles. The van der Waals surface area contributed by atoms with Gasteiger partial charge in [-0.05, 0) is 50.2 Å². The van der Waals surface area contributed by atoms with Gasteiger partial charge in [0.2, 0.25) is 0 Å². The van der Waals surface area contributed by atoms with Crippen molar-refractivity contribution < 1.29 is 19.2 Å². The number of rotatable bonds is 7. The summed E-state index contributed by atoms with van der Waals surface area (Å²) in [6.45, 7) is 4.52. The van der Waals surface area contributed by atoms with Gasteiger partial charge in [0.15, 0.2) is 6.54 Å². The lowest BCUT2D eigenvalue weighted by atomic mass is 10.1. The molecular formula is C18H20Cl2FN2O2+. The molecule has 0 aliphatic carbocycles. The summed E-state index contributed by atoms with van der Waals surface area (Å²) >= 11 is 11.8. The second-order valence-electron chi connectivity index (χ2n) is 5.52. The predicted molar refractivity (Wildman–Crippen MR) is 97.9 cm³/mol. The zero-order valence-electron chi connectivity index (χ0n) is 14.0. The van der Waals surface area contributed by atoms with Crippen molar-refractivity contribution in [2.45, 2.75) is 19.9 Å². The molecule has 0 aliphatic rings. The van der Waals surface area contributed by atoms with E-state index in [1.54, 1.807) is 29.6 Å². The Bertz CT molecular complexity index is 739. The summed E-state index contributed by atoms with van der Waals surface area (Å²) in [7, 11) is 0. The van der Waals surface area contributed by atoms with Crippen molar-refractivity contribution in [3.8, 4) is 5.75 Å². The third-order valence-electron chi connectivity index (χ3n) is 3.64. The van der Waals surface area contributed by atoms with Gasteiger partial charge in [-0.15, -0.1) is 0 Å². The molecule has 0 unspecified atom stereocenters. The van der Waals surface area contributed by atoms with E-state index in [4.69, 9.17) is 27.9 Å². The van der Waals surface area contributed by atoms with Gasteiger partial charge in [0, 0.05) is 11.3 Å². The number of halogens is 3. The van der Waals surface area contributed by atoms with Crippen molar-refractivity contribution in [1.82, 2.24) is 0 Å². The average Bonchev–Trinajstić information content (AvgIpc) is 2.58. The number of carbonyl (C=O) groups is 1. The Hall–Kier alpha value is -1.82. The van der Waals surface area contributed by atoms with Crippen LogP contribution in [0.1, 0.15) is 25.5 Å². The zero-order chi connectivity index (χ0) is 18.4. The topological polar surface area (TPSA) is 54.9 Å². The Morgan fingerprint density at radius 3 is 2.56 bits per heavy atom. The molecule has 1 atom stereocenters. The Morgan fingerprint density at radius 2 is 1.92 bits per heavy atom. The van der Waals surface area contributed by atoms with E-state index in [2.05, 4.69) is 5.32 Å². The van der Waals surface area contributed by atoms with E-state index in [1.807, 2.05) is 13.8 Å². The van der Waals surface area contributed by atoms with Crippen LogP contribution in [-0.4, -0.2) is 19.1 Å². The molecule has 0 aromatic heterocycles. The molecule has 0 saturated carbocycles. The molecule has 0 radical (unpaired) electrons. The van der Waals surface area contributed by atoms with Crippen LogP contribution in [0.25, 0.3) is 0 Å². The predicted octanol–water partition coefficient (Wildman–Crippen LogP) is 3.79. The highest BCUT2D eigenvalue weighted by Gasteiger charge is 2.17. The van der Waals surface area contributed by atoms with Gasteiger partial charge in [-0.1, -0.05) is 23.2 Å². The van der Waals surface area contributed by atoms with Crippen molar-refractivity contribution in [3.63, 3.8) is 0 Å². The summed E-state index contributed by atoms with van der Waals surface area (Å²) in [5.41, 5.74) is 1.28. The molecule has 3 N–H and O–H groups in total. The molecule has 0 bridgehead atoms. The number of benzene rings is 2. The summed E-state index contributed by atoms with van der Waals surface area (Å²) in [5.74, 6) is 0.0572. The van der Waals surface area contributed by atoms with Crippen LogP contribution in [0.3, 0.4) is 0 Å². The molecule has 134 valence electrons. The van der Waals surface area contributed by atoms with Crippen LogP contribution in [-0.2, 0) is 4.79 Å². The molecule has 0 aliphatic heterocycles. The van der Waals surface area contributed by atoms with Crippen molar-refractivity contribution in [2.24, 2.45) is 0 Å². The number of amides is 1. The van der Waals surface area contributed by atoms with Crippen molar-refractivity contribution in [1.29, 1.82) is 0 Å². The van der Waals surface area contributed by atoms with E-state index in [1.165, 1.54) is 12.1 Å². The molecule has 2 aromatic rings. The third-order valence-corrected chi connectivity index (χ3v) is 4.25. The van der Waals surface area contributed by atoms with E-state index in [0.29, 0.717) is 22.9 Å². The Labute approximate surface area is 156 Å². The standard InChI is InChI=1S/C18H19Cl2FN2O2/c1-3-25-13-6-4-12(5-7-13)23-18(24)10-22-11(2)14-8-17(21)16(20)9-15(14)19/h4-9,11,22H,3,10H2,1-2H3,(H,23,24)/p+1/t11-/m0/s1. The first kappa shape index (κ1) is 19.5. The number of hydrogen-bond donors (Lipinski definition) is 2. The van der Waals surface area contributed by atoms with Gasteiger partial charge in [0.25, 0.3) is 5.91 Å². The molecule has 2 rings (SSSR count). The number of ether oxygens (including phenoxy) is 1. The summed E-state index contributed by atoms with van der Waals surface area (Å²) in [6, 6.07) is 9.62. The monoisotopic (exact) mass is 385 g/mol. The zero-order valence-corrected chi connectivity index (χ0v) is 15.5. The van der Waals surface area contributed by atoms with E-state index < -0.39 is 5.82 Å². The Morgan fingerprint density at radius 1 is 1.24 bits per heavy atom. The summed E-state index contributed by atoms with van der Waals surface area (Å²) in [4.78, 5) is 12.1. The number of quaternary nitrogens is 1. The first-order chi connectivity index (χ1) is 11.9. The second kappa shape index (κ2) is 9.04. The van der Waals surface area contributed by atoms with Gasteiger partial charge in [0.05, 0.1) is 16.7 Å². The van der Waals surface area contributed by atoms with E-state index in [0.717, 1.165) is 5.75 Å². The highest BCUT2D eigenvalue weighted by atomic mass is 35.5. The molecular weight excluding hydrogens is 366 g/mol. The fraction of sp³-hybridized carbons (Fsp3) is 0.278. The summed E-state index contributed by atoms with van der Waals surface area (Å²) in [6.07, 6.45) is 0. The Balaban J connectivity index is 1.90. The average molecular weight is 386 g/mol. The number of carbonyl (C=O) groups excluding carboxylic acids is 1. The Kier molecular flexibility index (Phi) is 7.05. The molecule has 0 heterocycles. The van der Waals surface area contributed by atoms with Crippen LogP contribution in [0, 0.1) is 5.82 Å². The second-order valence-corrected chi connectivity index (χ2v) is 6.34. The normalized spacial score (nSPS) is 11.9. The van der Waals surface area contributed by atoms with Crippen LogP contribution < -0.4 is 15.4 Å². The van der Waals surface area contributed by atoms with Crippen molar-refractivity contribution in [2.75, 3.05) is 18.5 Å². The van der Waals surface area contributed by atoms with Crippen molar-refractivity contribution >= 4 is 34.8 Å². The van der Waals surface area contributed by atoms with Crippen LogP contribution in [0.15, 0.2) is 36.4 Å². The van der Waals surface area contributed by atoms with Crippen LogP contribution in [0.4, 0.5) is 10.1 Å². The molecule has 1 amide bonds. The van der Waals surface area contributed by atoms with Gasteiger partial charge in [-0.2, -0.15) is 0 Å². The minimum absolute atomic E-state index is 0.0193. The number of hydrogen-bond acceptors (Lipinski definition) is 2. The number of nitrogens with one attached hydrogen (secondary N) is 1. The largest absolute Gasteiger partial charge is 0.494 e. The van der Waals surface area contributed by atoms with Gasteiger partial charge in [-0.3, -0.25) is 4.79 Å². The fourth-order valence-electron chi connectivity index (χ4n) is 2.31. The minimum Gasteiger partial charge on any atom is -0.494 e. The van der Waals surface area contributed by atoms with E-state index in [-0.39, 0.29) is 23.5 Å².